The number of carbonyl (C=O) groups is 2. The predicted molar refractivity (Wildman–Crippen MR) is 53.1 cm³/mol. The summed E-state index contributed by atoms with van der Waals surface area (Å²) in [6.07, 6.45) is 0.130. The molecule has 0 heterocycles. The maximum absolute atomic E-state index is 9.99. The summed E-state index contributed by atoms with van der Waals surface area (Å²) in [6, 6.07) is 0. The summed E-state index contributed by atoms with van der Waals surface area (Å²) < 4.78 is 17.4. The fourth-order valence-corrected chi connectivity index (χ4v) is 0.455. The molecule has 0 aromatic heterocycles. The molecule has 0 radical (unpaired) electrons. The van der Waals surface area contributed by atoms with Gasteiger partial charge in [0.2, 0.25) is 0 Å². The van der Waals surface area contributed by atoms with Gasteiger partial charge in [-0.2, -0.15) is 0 Å². The zero-order chi connectivity index (χ0) is 14.6. The van der Waals surface area contributed by atoms with E-state index in [1.54, 1.807) is 0 Å². The molecule has 0 aliphatic heterocycles. The van der Waals surface area contributed by atoms with Crippen molar-refractivity contribution in [3.8, 4) is 0 Å². The van der Waals surface area contributed by atoms with Crippen LogP contribution in [0.15, 0.2) is 0 Å². The van der Waals surface area contributed by atoms with Gasteiger partial charge in [-0.3, -0.25) is 9.59 Å². The molecule has 17 heavy (non-hydrogen) atoms. The van der Waals surface area contributed by atoms with E-state index in [4.69, 9.17) is 38.9 Å². The van der Waals surface area contributed by atoms with E-state index >= 15 is 0 Å². The molecular weight excluding hydrogens is 282 g/mol. The highest BCUT2D eigenvalue weighted by molar-refractivity contribution is 7.31. The van der Waals surface area contributed by atoms with Crippen LogP contribution in [-0.2, 0) is 18.7 Å². The van der Waals surface area contributed by atoms with Gasteiger partial charge in [0.15, 0.2) is 5.92 Å². The first-order valence-electron chi connectivity index (χ1n) is 3.71. The average molecular weight is 294 g/mol. The minimum Gasteiger partial charge on any atom is -0.481 e. The predicted octanol–water partition coefficient (Wildman–Crippen LogP) is -0.561. The lowest BCUT2D eigenvalue weighted by atomic mass is 10.1. The van der Waals surface area contributed by atoms with Gasteiger partial charge in [0, 0.05) is 9.13 Å². The Balaban J connectivity index is -0.000000205. The Bertz CT molecular complexity index is 242. The lowest BCUT2D eigenvalue weighted by molar-refractivity contribution is -0.154. The van der Waals surface area contributed by atoms with E-state index in [0.29, 0.717) is 0 Å². The van der Waals surface area contributed by atoms with Crippen LogP contribution in [0.1, 0.15) is 13.3 Å². The summed E-state index contributed by atoms with van der Waals surface area (Å²) in [4.78, 5) is 48.5. The van der Waals surface area contributed by atoms with Gasteiger partial charge in [-0.1, -0.05) is 6.92 Å². The molecule has 0 atom stereocenters. The maximum Gasteiger partial charge on any atom is 0.692 e. The van der Waals surface area contributed by atoms with Gasteiger partial charge >= 0.3 is 28.4 Å². The van der Waals surface area contributed by atoms with Crippen LogP contribution in [0, 0.1) is 5.92 Å². The van der Waals surface area contributed by atoms with Gasteiger partial charge in [-0.05, 0) is 6.42 Å². The van der Waals surface area contributed by atoms with Crippen molar-refractivity contribution in [1.29, 1.82) is 0 Å². The first kappa shape index (κ1) is 21.3. The summed E-state index contributed by atoms with van der Waals surface area (Å²) in [5.74, 6) is -3.79. The Morgan fingerprint density at radius 3 is 1.12 bits per heavy atom. The molecule has 100 valence electrons. The zero-order valence-corrected chi connectivity index (χ0v) is 10.3. The van der Waals surface area contributed by atoms with Gasteiger partial charge in [0.1, 0.15) is 0 Å². The van der Waals surface area contributed by atoms with Gasteiger partial charge in [-0.15, -0.1) is 19.6 Å². The fourth-order valence-electron chi connectivity index (χ4n) is 0.455. The van der Waals surface area contributed by atoms with Crippen molar-refractivity contribution in [3.63, 3.8) is 0 Å². The summed E-state index contributed by atoms with van der Waals surface area (Å²) in [7, 11) is -5.74. The second kappa shape index (κ2) is 13.0. The van der Waals surface area contributed by atoms with Crippen molar-refractivity contribution in [2.24, 2.45) is 5.92 Å². The summed E-state index contributed by atoms with van der Waals surface area (Å²) in [5.41, 5.74) is 0. The van der Waals surface area contributed by atoms with Gasteiger partial charge in [0.05, 0.1) is 0 Å². The molecule has 0 unspecified atom stereocenters. The molecule has 12 heteroatoms. The molecule has 0 rings (SSSR count). The highest BCUT2D eigenvalue weighted by Crippen LogP contribution is 2.01. The second-order valence-electron chi connectivity index (χ2n) is 2.14. The van der Waals surface area contributed by atoms with Gasteiger partial charge in [-0.25, -0.2) is 0 Å². The second-order valence-corrected chi connectivity index (χ2v) is 3.15. The van der Waals surface area contributed by atoms with Crippen LogP contribution in [0.4, 0.5) is 0 Å². The van der Waals surface area contributed by atoms with Crippen LogP contribution < -0.4 is 0 Å². The molecule has 6 N–H and O–H groups in total. The number of aliphatic carboxylic acids is 2. The van der Waals surface area contributed by atoms with Crippen LogP contribution >= 0.6 is 16.5 Å². The lowest BCUT2D eigenvalue weighted by Gasteiger charge is -2.00. The Labute approximate surface area is 97.1 Å². The third-order valence-corrected chi connectivity index (χ3v) is 1.00. The molecule has 0 spiro atoms. The zero-order valence-electron chi connectivity index (χ0n) is 8.50. The van der Waals surface area contributed by atoms with E-state index in [2.05, 4.69) is 0 Å². The van der Waals surface area contributed by atoms with Crippen molar-refractivity contribution in [2.45, 2.75) is 13.3 Å². The third-order valence-electron chi connectivity index (χ3n) is 1.00. The first-order valence-corrected chi connectivity index (χ1v) is 6.04. The van der Waals surface area contributed by atoms with Crippen molar-refractivity contribution in [3.05, 3.63) is 0 Å². The summed E-state index contributed by atoms with van der Waals surface area (Å²) in [5, 5.41) is 16.3. The molecular formula is C5H12O10P2+2. The fraction of sp³-hybridized carbons (Fsp3) is 0.600. The normalized spacial score (nSPS) is 8.12. The molecule has 0 aliphatic rings. The van der Waals surface area contributed by atoms with Crippen molar-refractivity contribution < 1.29 is 48.5 Å². The largest absolute Gasteiger partial charge is 0.692 e. The third kappa shape index (κ3) is 31.3. The molecule has 0 fully saturated rings. The minimum atomic E-state index is -2.87. The number of hydrogen-bond donors (Lipinski definition) is 6. The van der Waals surface area contributed by atoms with Crippen molar-refractivity contribution >= 4 is 28.4 Å². The monoisotopic (exact) mass is 294 g/mol. The Kier molecular flexibility index (Phi) is 16.3. The highest BCUT2D eigenvalue weighted by atomic mass is 31.1. The smallest absolute Gasteiger partial charge is 0.481 e. The molecule has 0 saturated carbocycles. The van der Waals surface area contributed by atoms with Crippen molar-refractivity contribution in [2.75, 3.05) is 0 Å². The Hall–Kier alpha value is -1.02. The number of rotatable bonds is 3. The lowest BCUT2D eigenvalue weighted by Crippen LogP contribution is -2.21. The molecule has 10 nitrogen and oxygen atoms in total. The van der Waals surface area contributed by atoms with E-state index in [9.17, 15) is 9.59 Å². The molecule has 0 aromatic carbocycles. The van der Waals surface area contributed by atoms with E-state index in [0.717, 1.165) is 0 Å². The maximum atomic E-state index is 9.99. The highest BCUT2D eigenvalue weighted by Gasteiger charge is 2.22. The first-order chi connectivity index (χ1) is 7.56. The van der Waals surface area contributed by atoms with Crippen LogP contribution in [0.5, 0.6) is 0 Å². The van der Waals surface area contributed by atoms with Crippen molar-refractivity contribution in [1.82, 2.24) is 0 Å². The number of hydrogen-bond acceptors (Lipinski definition) is 4. The number of carboxylic acid groups (broad SMARTS) is 2. The summed E-state index contributed by atoms with van der Waals surface area (Å²) >= 11 is 0. The van der Waals surface area contributed by atoms with E-state index in [1.165, 1.54) is 6.92 Å². The molecule has 0 saturated heterocycles. The van der Waals surface area contributed by atoms with Crippen LogP contribution in [0.3, 0.4) is 0 Å². The summed E-state index contributed by atoms with van der Waals surface area (Å²) in [6.45, 7) is 1.52. The molecule has 0 bridgehead atoms. The minimum absolute atomic E-state index is 0.130. The van der Waals surface area contributed by atoms with Gasteiger partial charge in [0.25, 0.3) is 0 Å². The molecule has 0 amide bonds. The van der Waals surface area contributed by atoms with Crippen LogP contribution in [-0.4, -0.2) is 41.7 Å². The molecule has 0 aliphatic carbocycles. The van der Waals surface area contributed by atoms with E-state index < -0.39 is 34.4 Å². The van der Waals surface area contributed by atoms with Gasteiger partial charge < -0.3 is 10.2 Å². The average Bonchev–Trinajstić information content (AvgIpc) is 2.00. The standard InChI is InChI=1S/C5H8O4.2HO3P/c1-2-3(4(6)7)5(8)9;2*1-4(2)3/h3H,2H2,1H3,(H,6,7)(H,8,9);2*(H-,1,2,3)/p+2. The number of carboxylic acids is 2. The Morgan fingerprint density at radius 2 is 1.12 bits per heavy atom. The van der Waals surface area contributed by atoms with E-state index in [-0.39, 0.29) is 6.42 Å². The Morgan fingerprint density at radius 1 is 0.941 bits per heavy atom. The van der Waals surface area contributed by atoms with E-state index in [1.807, 2.05) is 0 Å². The quantitative estimate of drug-likeness (QED) is 0.290. The topological polar surface area (TPSA) is 190 Å². The SMILES string of the molecule is CCC(C(=O)O)C(=O)O.O=[P+](O)O.O=[P+](O)O. The molecule has 0 aromatic rings. The van der Waals surface area contributed by atoms with Crippen LogP contribution in [0.2, 0.25) is 0 Å². The van der Waals surface area contributed by atoms with Crippen LogP contribution in [0.25, 0.3) is 0 Å².